The zero-order chi connectivity index (χ0) is 20.2. The van der Waals surface area contributed by atoms with Crippen LogP contribution in [0.4, 0.5) is 5.69 Å². The van der Waals surface area contributed by atoms with Gasteiger partial charge in [0.25, 0.3) is 0 Å². The first kappa shape index (κ1) is 19.5. The molecule has 0 bridgehead atoms. The molecule has 4 rings (SSSR count). The summed E-state index contributed by atoms with van der Waals surface area (Å²) in [7, 11) is 0. The molecular weight excluding hydrogens is 362 g/mol. The summed E-state index contributed by atoms with van der Waals surface area (Å²) in [5, 5.41) is 5.31. The van der Waals surface area contributed by atoms with Gasteiger partial charge in [-0.15, -0.1) is 0 Å². The number of carbonyl (C=O) groups excluding carboxylic acids is 2. The Kier molecular flexibility index (Phi) is 5.84. The van der Waals surface area contributed by atoms with Gasteiger partial charge in [0.05, 0.1) is 0 Å². The van der Waals surface area contributed by atoms with E-state index in [1.54, 1.807) is 0 Å². The molecule has 1 fully saturated rings. The van der Waals surface area contributed by atoms with Crippen LogP contribution in [-0.2, 0) is 16.1 Å². The lowest BCUT2D eigenvalue weighted by Crippen LogP contribution is -2.32. The van der Waals surface area contributed by atoms with Gasteiger partial charge in [-0.25, -0.2) is 0 Å². The lowest BCUT2D eigenvalue weighted by molar-refractivity contribution is -0.132. The fourth-order valence-corrected chi connectivity index (χ4v) is 4.39. The first-order valence-electron chi connectivity index (χ1n) is 10.8. The number of rotatable bonds is 5. The summed E-state index contributed by atoms with van der Waals surface area (Å²) < 4.78 is 2.29. The average molecular weight is 392 g/mol. The monoisotopic (exact) mass is 391 g/mol. The number of likely N-dealkylation sites (tertiary alicyclic amines) is 1. The third-order valence-corrected chi connectivity index (χ3v) is 5.90. The topological polar surface area (TPSA) is 54.3 Å². The smallest absolute Gasteiger partial charge is 0.224 e. The van der Waals surface area contributed by atoms with Crippen molar-refractivity contribution in [2.24, 2.45) is 0 Å². The van der Waals surface area contributed by atoms with Gasteiger partial charge in [-0.3, -0.25) is 9.59 Å². The van der Waals surface area contributed by atoms with E-state index < -0.39 is 0 Å². The maximum absolute atomic E-state index is 12.4. The van der Waals surface area contributed by atoms with Crippen LogP contribution in [0.25, 0.3) is 21.8 Å². The van der Waals surface area contributed by atoms with Crippen molar-refractivity contribution >= 4 is 39.3 Å². The van der Waals surface area contributed by atoms with Crippen molar-refractivity contribution in [1.29, 1.82) is 0 Å². The van der Waals surface area contributed by atoms with Crippen LogP contribution in [0.1, 0.15) is 45.4 Å². The minimum absolute atomic E-state index is 0.100. The highest BCUT2D eigenvalue weighted by atomic mass is 16.2. The number of benzene rings is 2. The van der Waals surface area contributed by atoms with Gasteiger partial charge in [-0.05, 0) is 44.0 Å². The van der Waals surface area contributed by atoms with E-state index in [-0.39, 0.29) is 24.7 Å². The largest absolute Gasteiger partial charge is 0.343 e. The highest BCUT2D eigenvalue weighted by Gasteiger charge is 2.17. The highest BCUT2D eigenvalue weighted by Crippen LogP contribution is 2.31. The van der Waals surface area contributed by atoms with E-state index >= 15 is 0 Å². The van der Waals surface area contributed by atoms with E-state index in [0.29, 0.717) is 0 Å². The van der Waals surface area contributed by atoms with Crippen LogP contribution in [0.5, 0.6) is 0 Å². The molecule has 2 aromatic carbocycles. The van der Waals surface area contributed by atoms with E-state index in [1.165, 1.54) is 29.3 Å². The number of aromatic nitrogens is 1. The van der Waals surface area contributed by atoms with Gasteiger partial charge in [0.1, 0.15) is 0 Å². The predicted molar refractivity (Wildman–Crippen MR) is 118 cm³/mol. The minimum atomic E-state index is -0.105. The first-order chi connectivity index (χ1) is 14.2. The van der Waals surface area contributed by atoms with Gasteiger partial charge in [0.15, 0.2) is 0 Å². The normalized spacial score (nSPS) is 14.9. The molecule has 1 aliphatic heterocycles. The number of anilines is 1. The lowest BCUT2D eigenvalue weighted by atomic mass is 10.1. The fraction of sp³-hybridized carbons (Fsp3) is 0.417. The summed E-state index contributed by atoms with van der Waals surface area (Å²) in [6, 6.07) is 14.4. The molecule has 5 heteroatoms. The van der Waals surface area contributed by atoms with Gasteiger partial charge >= 0.3 is 0 Å². The van der Waals surface area contributed by atoms with Crippen LogP contribution in [0.15, 0.2) is 42.5 Å². The molecule has 2 amide bonds. The van der Waals surface area contributed by atoms with Gasteiger partial charge < -0.3 is 14.8 Å². The molecule has 0 aliphatic carbocycles. The van der Waals surface area contributed by atoms with Crippen LogP contribution in [0.3, 0.4) is 0 Å². The number of amides is 2. The molecule has 1 N–H and O–H groups in total. The van der Waals surface area contributed by atoms with E-state index in [1.807, 2.05) is 23.1 Å². The average Bonchev–Trinajstić information content (AvgIpc) is 2.88. The molecule has 1 saturated heterocycles. The second kappa shape index (κ2) is 8.68. The number of hydrogen-bond acceptors (Lipinski definition) is 2. The number of fused-ring (bicyclic) bond motifs is 3. The second-order valence-corrected chi connectivity index (χ2v) is 7.84. The molecule has 0 spiro atoms. The molecule has 0 saturated carbocycles. The molecule has 2 heterocycles. The maximum Gasteiger partial charge on any atom is 0.224 e. The van der Waals surface area contributed by atoms with Crippen molar-refractivity contribution in [3.8, 4) is 0 Å². The molecule has 5 nitrogen and oxygen atoms in total. The van der Waals surface area contributed by atoms with Gasteiger partial charge in [-0.1, -0.05) is 31.0 Å². The number of carbonyl (C=O) groups is 2. The Morgan fingerprint density at radius 3 is 2.38 bits per heavy atom. The summed E-state index contributed by atoms with van der Waals surface area (Å²) >= 11 is 0. The number of nitrogens with zero attached hydrogens (tertiary/aromatic N) is 2. The Labute approximate surface area is 171 Å². The zero-order valence-electron chi connectivity index (χ0n) is 17.1. The van der Waals surface area contributed by atoms with Crippen molar-refractivity contribution < 1.29 is 9.59 Å². The van der Waals surface area contributed by atoms with E-state index in [9.17, 15) is 9.59 Å². The minimum Gasteiger partial charge on any atom is -0.343 e. The molecule has 152 valence electrons. The third-order valence-electron chi connectivity index (χ3n) is 5.90. The van der Waals surface area contributed by atoms with E-state index in [0.717, 1.165) is 43.5 Å². The summed E-state index contributed by atoms with van der Waals surface area (Å²) in [4.78, 5) is 26.8. The molecule has 0 unspecified atom stereocenters. The molecule has 1 aliphatic rings. The van der Waals surface area contributed by atoms with Crippen LogP contribution in [0.2, 0.25) is 0 Å². The molecule has 3 aromatic rings. The number of hydrogen-bond donors (Lipinski definition) is 1. The van der Waals surface area contributed by atoms with Crippen LogP contribution < -0.4 is 5.32 Å². The van der Waals surface area contributed by atoms with Gasteiger partial charge in [-0.2, -0.15) is 0 Å². The van der Waals surface area contributed by atoms with Gasteiger partial charge in [0.2, 0.25) is 11.8 Å². The summed E-state index contributed by atoms with van der Waals surface area (Å²) in [5.41, 5.74) is 3.16. The Morgan fingerprint density at radius 1 is 0.897 bits per heavy atom. The predicted octanol–water partition coefficient (Wildman–Crippen LogP) is 4.94. The van der Waals surface area contributed by atoms with Crippen molar-refractivity contribution in [1.82, 2.24) is 9.47 Å². The Hall–Kier alpha value is -2.82. The van der Waals surface area contributed by atoms with Crippen LogP contribution in [0, 0.1) is 0 Å². The molecule has 29 heavy (non-hydrogen) atoms. The number of aryl methyl sites for hydroxylation is 1. The molecule has 0 atom stereocenters. The Balaban J connectivity index is 1.44. The molecule has 1 aromatic heterocycles. The summed E-state index contributed by atoms with van der Waals surface area (Å²) in [6.45, 7) is 4.70. The van der Waals surface area contributed by atoms with Crippen molar-refractivity contribution in [3.63, 3.8) is 0 Å². The Bertz CT molecular complexity index is 1030. The summed E-state index contributed by atoms with van der Waals surface area (Å²) in [5.74, 6) is -0.00438. The molecule has 0 radical (unpaired) electrons. The molecular formula is C24H29N3O2. The maximum atomic E-state index is 12.4. The fourth-order valence-electron chi connectivity index (χ4n) is 4.39. The summed E-state index contributed by atoms with van der Waals surface area (Å²) in [6.07, 6.45) is 5.04. The lowest BCUT2D eigenvalue weighted by Gasteiger charge is -2.20. The SMILES string of the molecule is CCn1c2ccccc2c2cc(NC(=O)CCC(=O)N3CCCCCC3)ccc21. The van der Waals surface area contributed by atoms with Crippen molar-refractivity contribution in [2.45, 2.75) is 52.0 Å². The van der Waals surface area contributed by atoms with E-state index in [4.69, 9.17) is 0 Å². The van der Waals surface area contributed by atoms with Crippen molar-refractivity contribution in [2.75, 3.05) is 18.4 Å². The van der Waals surface area contributed by atoms with E-state index in [2.05, 4.69) is 41.1 Å². The Morgan fingerprint density at radius 2 is 1.62 bits per heavy atom. The van der Waals surface area contributed by atoms with Crippen molar-refractivity contribution in [3.05, 3.63) is 42.5 Å². The first-order valence-corrected chi connectivity index (χ1v) is 10.8. The quantitative estimate of drug-likeness (QED) is 0.670. The number of para-hydroxylation sites is 1. The highest BCUT2D eigenvalue weighted by molar-refractivity contribution is 6.09. The standard InChI is InChI=1S/C24H29N3O2/c1-2-27-21-10-6-5-9-19(21)20-17-18(11-12-22(20)27)25-23(28)13-14-24(29)26-15-7-3-4-8-16-26/h5-6,9-12,17H,2-4,7-8,13-16H2,1H3,(H,25,28). The zero-order valence-corrected chi connectivity index (χ0v) is 17.1. The van der Waals surface area contributed by atoms with Crippen LogP contribution >= 0.6 is 0 Å². The second-order valence-electron chi connectivity index (χ2n) is 7.84. The third kappa shape index (κ3) is 4.14. The number of nitrogens with one attached hydrogen (secondary N) is 1. The van der Waals surface area contributed by atoms with Crippen LogP contribution in [-0.4, -0.2) is 34.4 Å². The van der Waals surface area contributed by atoms with Gasteiger partial charge in [0, 0.05) is 60.0 Å².